The van der Waals surface area contributed by atoms with Crippen LogP contribution in [0, 0.1) is 0 Å². The number of halogens is 2. The van der Waals surface area contributed by atoms with Gasteiger partial charge in [-0.05, 0) is 12.8 Å². The van der Waals surface area contributed by atoms with Crippen molar-refractivity contribution in [3.05, 3.63) is 24.3 Å². The van der Waals surface area contributed by atoms with Gasteiger partial charge in [0.1, 0.15) is 0 Å². The lowest BCUT2D eigenvalue weighted by molar-refractivity contribution is -0.122. The van der Waals surface area contributed by atoms with E-state index in [2.05, 4.69) is 15.3 Å². The normalized spacial score (nSPS) is 19.4. The van der Waals surface area contributed by atoms with E-state index in [1.165, 1.54) is 18.6 Å². The Morgan fingerprint density at radius 3 is 2.72 bits per heavy atom. The summed E-state index contributed by atoms with van der Waals surface area (Å²) in [5.74, 6) is -2.75. The molecule has 98 valence electrons. The maximum absolute atomic E-state index is 12.9. The highest BCUT2D eigenvalue weighted by Gasteiger charge is 2.35. The number of amides is 1. The fourth-order valence-electron chi connectivity index (χ4n) is 2.05. The summed E-state index contributed by atoms with van der Waals surface area (Å²) in [6.07, 6.45) is 5.08. The van der Waals surface area contributed by atoms with E-state index in [0.29, 0.717) is 18.5 Å². The Kier molecular flexibility index (Phi) is 3.84. The average molecular weight is 255 g/mol. The second-order valence-electron chi connectivity index (χ2n) is 4.57. The van der Waals surface area contributed by atoms with Crippen LogP contribution in [0.5, 0.6) is 0 Å². The molecule has 1 aromatic heterocycles. The van der Waals surface area contributed by atoms with E-state index < -0.39 is 5.92 Å². The fraction of sp³-hybridized carbons (Fsp3) is 0.583. The van der Waals surface area contributed by atoms with E-state index >= 15 is 0 Å². The number of aromatic nitrogens is 2. The van der Waals surface area contributed by atoms with Gasteiger partial charge in [-0.2, -0.15) is 0 Å². The average Bonchev–Trinajstić information content (AvgIpc) is 2.33. The molecule has 1 saturated carbocycles. The van der Waals surface area contributed by atoms with Gasteiger partial charge in [-0.15, -0.1) is 0 Å². The lowest BCUT2D eigenvalue weighted by atomic mass is 9.92. The number of nitrogens with one attached hydrogen (secondary N) is 1. The van der Waals surface area contributed by atoms with Gasteiger partial charge in [0.05, 0.1) is 12.1 Å². The third kappa shape index (κ3) is 3.72. The number of hydrogen-bond donors (Lipinski definition) is 1. The molecule has 1 N–H and O–H groups in total. The molecule has 1 aliphatic carbocycles. The highest BCUT2D eigenvalue weighted by Crippen LogP contribution is 2.32. The van der Waals surface area contributed by atoms with E-state index in [0.717, 1.165) is 0 Å². The van der Waals surface area contributed by atoms with Crippen molar-refractivity contribution in [2.45, 2.75) is 44.1 Å². The van der Waals surface area contributed by atoms with E-state index in [1.807, 2.05) is 0 Å². The third-order valence-electron chi connectivity index (χ3n) is 3.04. The number of carbonyl (C=O) groups is 1. The van der Waals surface area contributed by atoms with Gasteiger partial charge in [-0.25, -0.2) is 8.78 Å². The fourth-order valence-corrected chi connectivity index (χ4v) is 2.05. The molecule has 1 amide bonds. The van der Waals surface area contributed by atoms with Gasteiger partial charge in [-0.1, -0.05) is 0 Å². The molecule has 0 unspecified atom stereocenters. The first-order chi connectivity index (χ1) is 8.55. The topological polar surface area (TPSA) is 54.9 Å². The van der Waals surface area contributed by atoms with Crippen molar-refractivity contribution in [3.63, 3.8) is 0 Å². The van der Waals surface area contributed by atoms with Crippen LogP contribution in [0.25, 0.3) is 0 Å². The Bertz CT molecular complexity index is 401. The standard InChI is InChI=1S/C12H15F2N3O/c13-12(14)3-1-9(2-4-12)17-11(18)7-10-8-15-5-6-16-10/h5-6,8-9H,1-4,7H2,(H,17,18). The van der Waals surface area contributed by atoms with Crippen LogP contribution in [-0.2, 0) is 11.2 Å². The smallest absolute Gasteiger partial charge is 0.248 e. The van der Waals surface area contributed by atoms with Crippen LogP contribution >= 0.6 is 0 Å². The third-order valence-corrected chi connectivity index (χ3v) is 3.04. The summed E-state index contributed by atoms with van der Waals surface area (Å²) in [6.45, 7) is 0. The van der Waals surface area contributed by atoms with E-state index in [-0.39, 0.29) is 31.2 Å². The van der Waals surface area contributed by atoms with Crippen molar-refractivity contribution in [1.29, 1.82) is 0 Å². The molecule has 0 aliphatic heterocycles. The van der Waals surface area contributed by atoms with Gasteiger partial charge in [-0.3, -0.25) is 14.8 Å². The van der Waals surface area contributed by atoms with E-state index in [1.54, 1.807) is 0 Å². The number of alkyl halides is 2. The zero-order chi connectivity index (χ0) is 13.0. The Labute approximate surface area is 104 Å². The number of rotatable bonds is 3. The van der Waals surface area contributed by atoms with Crippen molar-refractivity contribution in [2.75, 3.05) is 0 Å². The Balaban J connectivity index is 1.79. The van der Waals surface area contributed by atoms with Crippen LogP contribution in [-0.4, -0.2) is 27.8 Å². The minimum absolute atomic E-state index is 0.140. The molecule has 0 aromatic carbocycles. The molecule has 0 bridgehead atoms. The molecule has 1 aromatic rings. The first-order valence-corrected chi connectivity index (χ1v) is 5.97. The molecule has 0 spiro atoms. The van der Waals surface area contributed by atoms with Crippen LogP contribution in [0.15, 0.2) is 18.6 Å². The number of carbonyl (C=O) groups excluding carboxylic acids is 1. The lowest BCUT2D eigenvalue weighted by Gasteiger charge is -2.28. The molecule has 6 heteroatoms. The first kappa shape index (κ1) is 12.9. The van der Waals surface area contributed by atoms with Gasteiger partial charge < -0.3 is 5.32 Å². The maximum atomic E-state index is 12.9. The number of hydrogen-bond acceptors (Lipinski definition) is 3. The molecule has 0 radical (unpaired) electrons. The second-order valence-corrected chi connectivity index (χ2v) is 4.57. The Morgan fingerprint density at radius 2 is 2.11 bits per heavy atom. The summed E-state index contributed by atoms with van der Waals surface area (Å²) in [5, 5.41) is 2.77. The summed E-state index contributed by atoms with van der Waals surface area (Å²) in [7, 11) is 0. The van der Waals surface area contributed by atoms with Gasteiger partial charge >= 0.3 is 0 Å². The molecule has 1 aliphatic rings. The molecule has 18 heavy (non-hydrogen) atoms. The molecule has 4 nitrogen and oxygen atoms in total. The monoisotopic (exact) mass is 255 g/mol. The van der Waals surface area contributed by atoms with Gasteiger partial charge in [0, 0.05) is 37.5 Å². The van der Waals surface area contributed by atoms with Crippen molar-refractivity contribution in [3.8, 4) is 0 Å². The highest BCUT2D eigenvalue weighted by atomic mass is 19.3. The molecule has 0 atom stereocenters. The zero-order valence-electron chi connectivity index (χ0n) is 9.90. The van der Waals surface area contributed by atoms with Gasteiger partial charge in [0.25, 0.3) is 0 Å². The predicted molar refractivity (Wildman–Crippen MR) is 61.1 cm³/mol. The zero-order valence-corrected chi connectivity index (χ0v) is 9.90. The second kappa shape index (κ2) is 5.37. The minimum atomic E-state index is -2.56. The number of nitrogens with zero attached hydrogens (tertiary/aromatic N) is 2. The predicted octanol–water partition coefficient (Wildman–Crippen LogP) is 1.71. The van der Waals surface area contributed by atoms with E-state index in [9.17, 15) is 13.6 Å². The van der Waals surface area contributed by atoms with Crippen LogP contribution in [0.2, 0.25) is 0 Å². The summed E-state index contributed by atoms with van der Waals surface area (Å²) < 4.78 is 25.9. The molecular weight excluding hydrogens is 240 g/mol. The summed E-state index contributed by atoms with van der Waals surface area (Å²) >= 11 is 0. The maximum Gasteiger partial charge on any atom is 0.248 e. The Morgan fingerprint density at radius 1 is 1.39 bits per heavy atom. The lowest BCUT2D eigenvalue weighted by Crippen LogP contribution is -2.41. The summed E-state index contributed by atoms with van der Waals surface area (Å²) in [4.78, 5) is 19.5. The summed E-state index contributed by atoms with van der Waals surface area (Å²) in [5.41, 5.74) is 0.580. The van der Waals surface area contributed by atoms with Gasteiger partial charge in [0.2, 0.25) is 11.8 Å². The Hall–Kier alpha value is -1.59. The van der Waals surface area contributed by atoms with E-state index in [4.69, 9.17) is 0 Å². The van der Waals surface area contributed by atoms with Crippen LogP contribution in [0.3, 0.4) is 0 Å². The van der Waals surface area contributed by atoms with Crippen LogP contribution in [0.4, 0.5) is 8.78 Å². The quantitative estimate of drug-likeness (QED) is 0.894. The minimum Gasteiger partial charge on any atom is -0.353 e. The molecule has 0 saturated heterocycles. The van der Waals surface area contributed by atoms with Crippen LogP contribution < -0.4 is 5.32 Å². The van der Waals surface area contributed by atoms with Crippen molar-refractivity contribution in [2.24, 2.45) is 0 Å². The van der Waals surface area contributed by atoms with Crippen molar-refractivity contribution >= 4 is 5.91 Å². The SMILES string of the molecule is O=C(Cc1cnccn1)NC1CCC(F)(F)CC1. The molecular formula is C12H15F2N3O. The molecule has 1 heterocycles. The first-order valence-electron chi connectivity index (χ1n) is 5.97. The molecule has 2 rings (SSSR count). The summed E-state index contributed by atoms with van der Waals surface area (Å²) in [6, 6.07) is -0.145. The van der Waals surface area contributed by atoms with Crippen molar-refractivity contribution < 1.29 is 13.6 Å². The largest absolute Gasteiger partial charge is 0.353 e. The highest BCUT2D eigenvalue weighted by molar-refractivity contribution is 5.78. The van der Waals surface area contributed by atoms with Gasteiger partial charge in [0.15, 0.2) is 0 Å². The van der Waals surface area contributed by atoms with Crippen LogP contribution in [0.1, 0.15) is 31.4 Å². The molecule has 1 fully saturated rings. The van der Waals surface area contributed by atoms with Crippen molar-refractivity contribution in [1.82, 2.24) is 15.3 Å².